The van der Waals surface area contributed by atoms with Crippen molar-refractivity contribution in [3.05, 3.63) is 163 Å². The van der Waals surface area contributed by atoms with Gasteiger partial charge in [-0.3, -0.25) is 0 Å². The van der Waals surface area contributed by atoms with Gasteiger partial charge in [-0.25, -0.2) is 4.39 Å². The second kappa shape index (κ2) is 9.91. The summed E-state index contributed by atoms with van der Waals surface area (Å²) in [6, 6.07) is 50.2. The van der Waals surface area contributed by atoms with Crippen LogP contribution in [0.3, 0.4) is 0 Å². The van der Waals surface area contributed by atoms with Gasteiger partial charge in [0.05, 0.1) is 11.4 Å². The van der Waals surface area contributed by atoms with Crippen LogP contribution < -0.4 is 4.90 Å². The van der Waals surface area contributed by atoms with E-state index < -0.39 is 0 Å². The fourth-order valence-corrected chi connectivity index (χ4v) is 6.08. The number of benzene rings is 6. The fourth-order valence-electron chi connectivity index (χ4n) is 6.08. The molecular formula is C39H30FN. The average Bonchev–Trinajstić information content (AvgIpc) is 3.02. The molecule has 1 heterocycles. The van der Waals surface area contributed by atoms with Crippen molar-refractivity contribution in [2.24, 2.45) is 0 Å². The second-order valence-corrected chi connectivity index (χ2v) is 11.2. The normalized spacial score (nSPS) is 13.4. The standard InChI is InChI=1S/C39H30FN/c1-39(2)35-25-31(28-11-7-4-8-12-28)17-23-37(35)41(34-21-15-29(16-22-34)27-9-5-3-6-10-27)38-24-18-32(26-36(38)39)30-13-19-33(40)20-14-30/h3-26H,1-2H3. The molecule has 6 aromatic carbocycles. The van der Waals surface area contributed by atoms with Gasteiger partial charge >= 0.3 is 0 Å². The summed E-state index contributed by atoms with van der Waals surface area (Å²) in [7, 11) is 0. The van der Waals surface area contributed by atoms with Crippen molar-refractivity contribution < 1.29 is 4.39 Å². The van der Waals surface area contributed by atoms with E-state index in [0.29, 0.717) is 0 Å². The quantitative estimate of drug-likeness (QED) is 0.219. The third-order valence-electron chi connectivity index (χ3n) is 8.34. The summed E-state index contributed by atoms with van der Waals surface area (Å²) in [6.07, 6.45) is 0. The van der Waals surface area contributed by atoms with E-state index in [1.165, 1.54) is 51.2 Å². The van der Waals surface area contributed by atoms with Crippen LogP contribution in [0, 0.1) is 5.82 Å². The monoisotopic (exact) mass is 531 g/mol. The number of halogens is 1. The molecule has 0 unspecified atom stereocenters. The molecule has 0 radical (unpaired) electrons. The molecule has 41 heavy (non-hydrogen) atoms. The van der Waals surface area contributed by atoms with Gasteiger partial charge in [-0.15, -0.1) is 0 Å². The Labute approximate surface area is 241 Å². The highest BCUT2D eigenvalue weighted by atomic mass is 19.1. The van der Waals surface area contributed by atoms with Crippen molar-refractivity contribution in [2.45, 2.75) is 19.3 Å². The third kappa shape index (κ3) is 4.42. The lowest BCUT2D eigenvalue weighted by atomic mass is 9.72. The lowest BCUT2D eigenvalue weighted by molar-refractivity contribution is 0.628. The van der Waals surface area contributed by atoms with Crippen molar-refractivity contribution in [3.8, 4) is 33.4 Å². The summed E-state index contributed by atoms with van der Waals surface area (Å²) >= 11 is 0. The van der Waals surface area contributed by atoms with Gasteiger partial charge in [0.25, 0.3) is 0 Å². The van der Waals surface area contributed by atoms with E-state index >= 15 is 0 Å². The van der Waals surface area contributed by atoms with Crippen molar-refractivity contribution in [1.82, 2.24) is 0 Å². The lowest BCUT2D eigenvalue weighted by Crippen LogP contribution is -2.30. The Morgan fingerprint density at radius 2 is 0.829 bits per heavy atom. The molecule has 0 N–H and O–H groups in total. The molecule has 1 aliphatic rings. The molecule has 7 rings (SSSR count). The maximum atomic E-state index is 13.7. The van der Waals surface area contributed by atoms with Crippen LogP contribution in [0.5, 0.6) is 0 Å². The van der Waals surface area contributed by atoms with Crippen LogP contribution in [0.25, 0.3) is 33.4 Å². The molecule has 0 aliphatic carbocycles. The molecule has 0 atom stereocenters. The summed E-state index contributed by atoms with van der Waals surface area (Å²) in [5.74, 6) is -0.223. The molecular weight excluding hydrogens is 501 g/mol. The maximum absolute atomic E-state index is 13.7. The minimum atomic E-state index is -0.258. The molecule has 0 fully saturated rings. The minimum absolute atomic E-state index is 0.223. The summed E-state index contributed by atoms with van der Waals surface area (Å²) in [6.45, 7) is 4.62. The van der Waals surface area contributed by atoms with Crippen LogP contribution in [0.2, 0.25) is 0 Å². The number of nitrogens with zero attached hydrogens (tertiary/aromatic N) is 1. The molecule has 0 saturated heterocycles. The number of anilines is 3. The lowest BCUT2D eigenvalue weighted by Gasteiger charge is -2.42. The Hall–Kier alpha value is -4.95. The van der Waals surface area contributed by atoms with Gasteiger partial charge in [-0.1, -0.05) is 111 Å². The number of hydrogen-bond donors (Lipinski definition) is 0. The van der Waals surface area contributed by atoms with E-state index in [4.69, 9.17) is 0 Å². The van der Waals surface area contributed by atoms with Crippen molar-refractivity contribution in [2.75, 3.05) is 4.90 Å². The number of rotatable bonds is 4. The predicted octanol–water partition coefficient (Wildman–Crippen LogP) is 10.9. The van der Waals surface area contributed by atoms with E-state index in [-0.39, 0.29) is 11.2 Å². The highest BCUT2D eigenvalue weighted by Gasteiger charge is 2.37. The van der Waals surface area contributed by atoms with Gasteiger partial charge in [-0.05, 0) is 93.0 Å². The first-order valence-corrected chi connectivity index (χ1v) is 14.0. The van der Waals surface area contributed by atoms with Crippen LogP contribution in [0.4, 0.5) is 21.5 Å². The molecule has 0 aromatic heterocycles. The van der Waals surface area contributed by atoms with E-state index in [1.54, 1.807) is 0 Å². The zero-order chi connectivity index (χ0) is 28.0. The minimum Gasteiger partial charge on any atom is -0.310 e. The molecule has 0 spiro atoms. The molecule has 2 heteroatoms. The fraction of sp³-hybridized carbons (Fsp3) is 0.0769. The van der Waals surface area contributed by atoms with Crippen LogP contribution in [0.1, 0.15) is 25.0 Å². The van der Waals surface area contributed by atoms with Gasteiger partial charge < -0.3 is 4.90 Å². The van der Waals surface area contributed by atoms with E-state index in [2.05, 4.69) is 134 Å². The summed E-state index contributed by atoms with van der Waals surface area (Å²) in [4.78, 5) is 2.38. The second-order valence-electron chi connectivity index (χ2n) is 11.2. The predicted molar refractivity (Wildman–Crippen MR) is 170 cm³/mol. The molecule has 0 bridgehead atoms. The van der Waals surface area contributed by atoms with Gasteiger partial charge in [0, 0.05) is 11.1 Å². The van der Waals surface area contributed by atoms with Crippen LogP contribution in [-0.2, 0) is 5.41 Å². The zero-order valence-electron chi connectivity index (χ0n) is 23.2. The summed E-state index contributed by atoms with van der Waals surface area (Å²) in [5, 5.41) is 0. The van der Waals surface area contributed by atoms with Crippen molar-refractivity contribution >= 4 is 17.1 Å². The Balaban J connectivity index is 1.41. The highest BCUT2D eigenvalue weighted by Crippen LogP contribution is 2.53. The Morgan fingerprint density at radius 3 is 1.34 bits per heavy atom. The topological polar surface area (TPSA) is 3.24 Å². The third-order valence-corrected chi connectivity index (χ3v) is 8.34. The van der Waals surface area contributed by atoms with Gasteiger partial charge in [-0.2, -0.15) is 0 Å². The van der Waals surface area contributed by atoms with Crippen LogP contribution in [-0.4, -0.2) is 0 Å². The Morgan fingerprint density at radius 1 is 0.439 bits per heavy atom. The average molecular weight is 532 g/mol. The Kier molecular flexibility index (Phi) is 6.05. The first kappa shape index (κ1) is 25.0. The molecule has 1 nitrogen and oxygen atoms in total. The van der Waals surface area contributed by atoms with E-state index in [1.807, 2.05) is 18.2 Å². The first-order valence-electron chi connectivity index (χ1n) is 14.0. The van der Waals surface area contributed by atoms with Crippen LogP contribution in [0.15, 0.2) is 146 Å². The van der Waals surface area contributed by atoms with Gasteiger partial charge in [0.1, 0.15) is 5.82 Å². The number of hydrogen-bond acceptors (Lipinski definition) is 1. The van der Waals surface area contributed by atoms with Crippen molar-refractivity contribution in [1.29, 1.82) is 0 Å². The molecule has 198 valence electrons. The first-order chi connectivity index (χ1) is 20.0. The van der Waals surface area contributed by atoms with Crippen molar-refractivity contribution in [3.63, 3.8) is 0 Å². The van der Waals surface area contributed by atoms with E-state index in [0.717, 1.165) is 22.5 Å². The zero-order valence-corrected chi connectivity index (χ0v) is 23.2. The maximum Gasteiger partial charge on any atom is 0.123 e. The summed E-state index contributed by atoms with van der Waals surface area (Å²) < 4.78 is 13.7. The highest BCUT2D eigenvalue weighted by molar-refractivity contribution is 5.89. The van der Waals surface area contributed by atoms with Gasteiger partial charge in [0.15, 0.2) is 0 Å². The van der Waals surface area contributed by atoms with Gasteiger partial charge in [0.2, 0.25) is 0 Å². The molecule has 6 aromatic rings. The number of fused-ring (bicyclic) bond motifs is 2. The van der Waals surface area contributed by atoms with Crippen LogP contribution >= 0.6 is 0 Å². The largest absolute Gasteiger partial charge is 0.310 e. The molecule has 0 amide bonds. The SMILES string of the molecule is CC1(C)c2cc(-c3ccccc3)ccc2N(c2ccc(-c3ccccc3)cc2)c2ccc(-c3ccc(F)cc3)cc21. The Bertz CT molecular complexity index is 1840. The van der Waals surface area contributed by atoms with E-state index in [9.17, 15) is 4.39 Å². The summed E-state index contributed by atoms with van der Waals surface area (Å²) in [5.41, 5.74) is 12.6. The molecule has 0 saturated carbocycles. The smallest absolute Gasteiger partial charge is 0.123 e. The molecule has 1 aliphatic heterocycles.